The summed E-state index contributed by atoms with van der Waals surface area (Å²) in [6.45, 7) is 12.7. The van der Waals surface area contributed by atoms with Gasteiger partial charge in [0.15, 0.2) is 18.5 Å². The Morgan fingerprint density at radius 1 is 0.947 bits per heavy atom. The maximum absolute atomic E-state index is 12.2. The number of carbonyl (C=O) groups excluding carboxylic acids is 4. The van der Waals surface area contributed by atoms with Crippen molar-refractivity contribution in [2.75, 3.05) is 13.2 Å². The molecule has 14 nitrogen and oxygen atoms in total. The van der Waals surface area contributed by atoms with E-state index in [1.54, 1.807) is 13.8 Å². The lowest BCUT2D eigenvalue weighted by Gasteiger charge is -2.64. The number of rotatable bonds is 13. The molecule has 3 aliphatic rings. The van der Waals surface area contributed by atoms with Crippen molar-refractivity contribution >= 4 is 23.8 Å². The third kappa shape index (κ3) is 7.56. The quantitative estimate of drug-likeness (QED) is 0.119. The van der Waals surface area contributed by atoms with Gasteiger partial charge in [-0.05, 0) is 46.1 Å². The van der Waals surface area contributed by atoms with Gasteiger partial charge in [0.25, 0.3) is 0 Å². The van der Waals surface area contributed by atoms with E-state index in [0.717, 1.165) is 6.92 Å². The molecule has 0 aromatic heterocycles. The molecule has 1 N–H and O–H groups in total. The van der Waals surface area contributed by atoms with Crippen molar-refractivity contribution in [1.29, 1.82) is 0 Å². The van der Waals surface area contributed by atoms with Crippen LogP contribution in [0.2, 0.25) is 0 Å². The van der Waals surface area contributed by atoms with E-state index in [9.17, 15) is 19.2 Å². The van der Waals surface area contributed by atoms with Crippen LogP contribution < -0.4 is 5.32 Å². The highest BCUT2D eigenvalue weighted by atomic mass is 16.7. The first-order valence-electron chi connectivity index (χ1n) is 12.3. The average Bonchev–Trinajstić information content (AvgIpc) is 2.75. The molecule has 4 unspecified atom stereocenters. The highest BCUT2D eigenvalue weighted by Gasteiger charge is 2.79. The van der Waals surface area contributed by atoms with E-state index in [-0.39, 0.29) is 0 Å². The molecular weight excluding hydrogens is 504 g/mol. The minimum Gasteiger partial charge on any atom is -0.455 e. The second-order valence-corrected chi connectivity index (χ2v) is 10.6. The van der Waals surface area contributed by atoms with Crippen molar-refractivity contribution in [3.8, 4) is 0 Å². The van der Waals surface area contributed by atoms with Gasteiger partial charge in [0, 0.05) is 39.2 Å². The summed E-state index contributed by atoms with van der Waals surface area (Å²) in [5.74, 6) is -2.61. The maximum atomic E-state index is 12.2. The molecule has 2 heterocycles. The zero-order valence-corrected chi connectivity index (χ0v) is 23.1. The summed E-state index contributed by atoms with van der Waals surface area (Å²) in [6.07, 6.45) is -3.56. The monoisotopic (exact) mass is 542 g/mol. The second-order valence-electron chi connectivity index (χ2n) is 10.6. The van der Waals surface area contributed by atoms with Crippen LogP contribution in [-0.4, -0.2) is 84.4 Å². The fourth-order valence-corrected chi connectivity index (χ4v) is 4.64. The molecule has 1 amide bonds. The number of carbonyl (C=O) groups is 4. The van der Waals surface area contributed by atoms with Crippen LogP contribution in [0.5, 0.6) is 0 Å². The lowest BCUT2D eigenvalue weighted by molar-refractivity contribution is -0.406. The molecule has 0 spiro atoms. The van der Waals surface area contributed by atoms with Crippen molar-refractivity contribution < 1.29 is 47.6 Å². The molecule has 1 aliphatic carbocycles. The maximum Gasteiger partial charge on any atom is 0.303 e. The van der Waals surface area contributed by atoms with E-state index in [0.29, 0.717) is 26.0 Å². The first kappa shape index (κ1) is 31.3. The van der Waals surface area contributed by atoms with Gasteiger partial charge >= 0.3 is 17.9 Å². The Labute approximate surface area is 221 Å². The summed E-state index contributed by atoms with van der Waals surface area (Å²) >= 11 is 0. The molecule has 0 radical (unpaired) electrons. The summed E-state index contributed by atoms with van der Waals surface area (Å²) in [5, 5.41) is 6.22. The minimum absolute atomic E-state index is 0.290. The van der Waals surface area contributed by atoms with Crippen LogP contribution in [0.1, 0.15) is 68.2 Å². The first-order valence-corrected chi connectivity index (χ1v) is 12.3. The van der Waals surface area contributed by atoms with Gasteiger partial charge in [-0.15, -0.1) is 0 Å². The summed E-state index contributed by atoms with van der Waals surface area (Å²) in [5.41, 5.74) is 5.29. The van der Waals surface area contributed by atoms with E-state index < -0.39 is 71.3 Å². The lowest BCUT2D eigenvalue weighted by atomic mass is 9.63. The molecule has 3 rings (SSSR count). The predicted octanol–water partition coefficient (Wildman–Crippen LogP) is 2.08. The van der Waals surface area contributed by atoms with Crippen LogP contribution in [0, 0.1) is 0 Å². The third-order valence-corrected chi connectivity index (χ3v) is 6.31. The van der Waals surface area contributed by atoms with E-state index in [4.69, 9.17) is 34.0 Å². The fraction of sp³-hybridized carbons (Fsp3) is 0.833. The predicted molar refractivity (Wildman–Crippen MR) is 130 cm³/mol. The number of fused-ring (bicyclic) bond motifs is 2. The number of esters is 3. The van der Waals surface area contributed by atoms with Crippen LogP contribution in [-0.2, 0) is 47.6 Å². The molecule has 214 valence electrons. The van der Waals surface area contributed by atoms with Gasteiger partial charge in [-0.2, -0.15) is 0 Å². The highest BCUT2D eigenvalue weighted by Crippen LogP contribution is 2.52. The van der Waals surface area contributed by atoms with Crippen molar-refractivity contribution in [3.05, 3.63) is 10.4 Å². The number of azide groups is 1. The zero-order valence-electron chi connectivity index (χ0n) is 23.1. The van der Waals surface area contributed by atoms with Gasteiger partial charge in [-0.25, -0.2) is 0 Å². The molecule has 0 aromatic rings. The number of hydrogen-bond acceptors (Lipinski definition) is 11. The van der Waals surface area contributed by atoms with Crippen LogP contribution in [0.25, 0.3) is 10.4 Å². The third-order valence-electron chi connectivity index (χ3n) is 6.31. The number of amides is 1. The Bertz CT molecular complexity index is 938. The number of hydrogen-bond donors (Lipinski definition) is 1. The van der Waals surface area contributed by atoms with E-state index in [1.165, 1.54) is 20.8 Å². The first-order chi connectivity index (χ1) is 17.5. The van der Waals surface area contributed by atoms with Crippen LogP contribution in [0.15, 0.2) is 5.11 Å². The van der Waals surface area contributed by atoms with E-state index in [2.05, 4.69) is 15.3 Å². The number of nitrogens with zero attached hydrogens (tertiary/aromatic N) is 3. The normalized spacial score (nSPS) is 28.3. The Morgan fingerprint density at radius 3 is 2.00 bits per heavy atom. The van der Waals surface area contributed by atoms with Gasteiger partial charge in [0.05, 0.1) is 17.8 Å². The fourth-order valence-electron chi connectivity index (χ4n) is 4.64. The van der Waals surface area contributed by atoms with E-state index >= 15 is 0 Å². The number of nitrogens with one attached hydrogen (secondary N) is 1. The zero-order chi connectivity index (χ0) is 28.9. The molecule has 4 atom stereocenters. The van der Waals surface area contributed by atoms with Gasteiger partial charge in [0.1, 0.15) is 12.1 Å². The molecule has 38 heavy (non-hydrogen) atoms. The molecule has 0 aromatic carbocycles. The van der Waals surface area contributed by atoms with Crippen LogP contribution in [0.3, 0.4) is 0 Å². The average molecular weight is 543 g/mol. The van der Waals surface area contributed by atoms with E-state index in [1.807, 2.05) is 13.8 Å². The SMILES string of the molecule is CC(=O)NC1C(OC(C)(C)CCOC(C)(C)CCN=[N+]=[N-])OC2C(OC(C)=O)C1(OC(C)=O)C2OC(C)=O. The Balaban J connectivity index is 2.30. The summed E-state index contributed by atoms with van der Waals surface area (Å²) < 4.78 is 34.8. The van der Waals surface area contributed by atoms with Gasteiger partial charge in [0.2, 0.25) is 11.5 Å². The molecule has 2 bridgehead atoms. The molecule has 2 saturated heterocycles. The van der Waals surface area contributed by atoms with Crippen molar-refractivity contribution in [2.45, 2.75) is 116 Å². The number of ether oxygens (including phenoxy) is 6. The molecule has 3 fully saturated rings. The Morgan fingerprint density at radius 2 is 1.53 bits per heavy atom. The second kappa shape index (κ2) is 12.3. The molecule has 2 aliphatic heterocycles. The topological polar surface area (TPSA) is 184 Å². The standard InChI is InChI=1S/C24H38N4O10/c1-13(29)27-18-21(38-23(7,8)10-12-33-22(5,6)9-11-26-28-25)36-17-19(34-14(2)30)24(18,37-16(4)32)20(17)35-15(3)31/h17-21H,9-12H2,1-8H3,(H,27,29). The lowest BCUT2D eigenvalue weighted by Crippen LogP contribution is -2.89. The van der Waals surface area contributed by atoms with Crippen LogP contribution >= 0.6 is 0 Å². The van der Waals surface area contributed by atoms with Crippen molar-refractivity contribution in [3.63, 3.8) is 0 Å². The molecular formula is C24H38N4O10. The van der Waals surface area contributed by atoms with Gasteiger partial charge in [-0.1, -0.05) is 5.11 Å². The molecule has 1 saturated carbocycles. The van der Waals surface area contributed by atoms with Gasteiger partial charge < -0.3 is 33.7 Å². The Hall–Kier alpha value is -2.93. The Kier molecular flexibility index (Phi) is 10.1. The largest absolute Gasteiger partial charge is 0.455 e. The van der Waals surface area contributed by atoms with Crippen molar-refractivity contribution in [2.24, 2.45) is 5.11 Å². The minimum atomic E-state index is -1.78. The van der Waals surface area contributed by atoms with Crippen molar-refractivity contribution in [1.82, 2.24) is 5.32 Å². The summed E-state index contributed by atoms with van der Waals surface area (Å²) in [4.78, 5) is 50.9. The highest BCUT2D eigenvalue weighted by molar-refractivity contribution is 5.75. The van der Waals surface area contributed by atoms with Gasteiger partial charge in [-0.3, -0.25) is 19.2 Å². The molecule has 14 heteroatoms. The smallest absolute Gasteiger partial charge is 0.303 e. The summed E-state index contributed by atoms with van der Waals surface area (Å²) in [6, 6.07) is -1.19. The summed E-state index contributed by atoms with van der Waals surface area (Å²) in [7, 11) is 0. The van der Waals surface area contributed by atoms with Crippen LogP contribution in [0.4, 0.5) is 0 Å².